The van der Waals surface area contributed by atoms with Crippen LogP contribution in [-0.4, -0.2) is 28.3 Å². The zero-order chi connectivity index (χ0) is 26.0. The molecule has 0 radical (unpaired) electrons. The molecule has 7 heteroatoms. The molecule has 3 aromatic carbocycles. The average Bonchev–Trinajstić information content (AvgIpc) is 2.81. The van der Waals surface area contributed by atoms with E-state index in [-0.39, 0.29) is 6.42 Å². The van der Waals surface area contributed by atoms with Gasteiger partial charge in [-0.05, 0) is 61.7 Å². The molecule has 1 aliphatic carbocycles. The molecule has 3 N–H and O–H groups in total. The largest absolute Gasteiger partial charge is 0.389 e. The second kappa shape index (κ2) is 10.4. The topological polar surface area (TPSA) is 95.5 Å². The van der Waals surface area contributed by atoms with Crippen molar-refractivity contribution in [2.24, 2.45) is 11.8 Å². The van der Waals surface area contributed by atoms with E-state index in [1.165, 1.54) is 6.92 Å². The number of ketones is 1. The highest BCUT2D eigenvalue weighted by Gasteiger charge is 2.55. The minimum Gasteiger partial charge on any atom is -0.389 e. The summed E-state index contributed by atoms with van der Waals surface area (Å²) in [6, 6.07) is 21.8. The molecule has 36 heavy (non-hydrogen) atoms. The third-order valence-electron chi connectivity index (χ3n) is 6.89. The molecule has 1 aliphatic rings. The summed E-state index contributed by atoms with van der Waals surface area (Å²) in [5.74, 6) is -4.42. The summed E-state index contributed by atoms with van der Waals surface area (Å²) in [5.41, 5.74) is 1.91. The fraction of sp³-hybridized carbons (Fsp3) is 0.276. The molecule has 0 spiro atoms. The number of aliphatic hydroxyl groups is 1. The molecule has 4 atom stereocenters. The predicted molar refractivity (Wildman–Crippen MR) is 144 cm³/mol. The molecule has 2 amide bonds. The quantitative estimate of drug-likeness (QED) is 0.373. The molecule has 0 aromatic heterocycles. The zero-order valence-corrected chi connectivity index (χ0v) is 22.0. The first-order valence-electron chi connectivity index (χ1n) is 11.8. The number of nitrogens with one attached hydrogen (secondary N) is 2. The molecule has 0 aliphatic heterocycles. The number of hydrogen-bond acceptors (Lipinski definition) is 4. The molecule has 0 bridgehead atoms. The van der Waals surface area contributed by atoms with Crippen LogP contribution in [0, 0.1) is 25.7 Å². The summed E-state index contributed by atoms with van der Waals surface area (Å²) in [4.78, 5) is 40.8. The number of rotatable bonds is 5. The van der Waals surface area contributed by atoms with Gasteiger partial charge in [0.25, 0.3) is 0 Å². The number of para-hydroxylation sites is 2. The first-order valence-corrected chi connectivity index (χ1v) is 12.6. The van der Waals surface area contributed by atoms with Gasteiger partial charge in [-0.25, -0.2) is 0 Å². The summed E-state index contributed by atoms with van der Waals surface area (Å²) in [6.07, 6.45) is -0.308. The Morgan fingerprint density at radius 3 is 1.89 bits per heavy atom. The van der Waals surface area contributed by atoms with E-state index in [1.807, 2.05) is 44.2 Å². The van der Waals surface area contributed by atoms with Crippen LogP contribution in [0.5, 0.6) is 0 Å². The second-order valence-electron chi connectivity index (χ2n) is 9.64. The Bertz CT molecular complexity index is 1300. The third kappa shape index (κ3) is 5.27. The van der Waals surface area contributed by atoms with E-state index in [9.17, 15) is 19.5 Å². The Balaban J connectivity index is 1.78. The van der Waals surface area contributed by atoms with Gasteiger partial charge in [-0.15, -0.1) is 0 Å². The van der Waals surface area contributed by atoms with E-state index < -0.39 is 41.0 Å². The van der Waals surface area contributed by atoms with Gasteiger partial charge in [0.05, 0.1) is 11.5 Å². The Kier molecular flexibility index (Phi) is 7.43. The number of carbonyl (C=O) groups excluding carboxylic acids is 3. The third-order valence-corrected chi connectivity index (χ3v) is 7.42. The van der Waals surface area contributed by atoms with Crippen molar-refractivity contribution in [3.8, 4) is 0 Å². The summed E-state index contributed by atoms with van der Waals surface area (Å²) in [5, 5.41) is 17.2. The molecular formula is C29H29BrN2O4. The Morgan fingerprint density at radius 1 is 0.861 bits per heavy atom. The van der Waals surface area contributed by atoms with Crippen LogP contribution in [-0.2, 0) is 14.4 Å². The number of carbonyl (C=O) groups is 3. The molecule has 6 nitrogen and oxygen atoms in total. The molecule has 0 heterocycles. The number of benzene rings is 3. The maximum Gasteiger partial charge on any atom is 0.235 e. The maximum atomic E-state index is 13.7. The lowest BCUT2D eigenvalue weighted by molar-refractivity contribution is -0.150. The molecule has 0 saturated heterocycles. The van der Waals surface area contributed by atoms with E-state index in [2.05, 4.69) is 26.6 Å². The van der Waals surface area contributed by atoms with Crippen LogP contribution in [0.4, 0.5) is 11.4 Å². The molecule has 4 unspecified atom stereocenters. The van der Waals surface area contributed by atoms with E-state index in [0.717, 1.165) is 15.6 Å². The number of aryl methyl sites for hydroxylation is 2. The minimum atomic E-state index is -1.65. The monoisotopic (exact) mass is 548 g/mol. The van der Waals surface area contributed by atoms with Gasteiger partial charge in [0.2, 0.25) is 11.8 Å². The van der Waals surface area contributed by atoms with Crippen molar-refractivity contribution in [1.29, 1.82) is 0 Å². The van der Waals surface area contributed by atoms with Crippen molar-refractivity contribution < 1.29 is 19.5 Å². The van der Waals surface area contributed by atoms with Crippen LogP contribution >= 0.6 is 15.9 Å². The highest BCUT2D eigenvalue weighted by Crippen LogP contribution is 2.47. The second-order valence-corrected chi connectivity index (χ2v) is 10.6. The van der Waals surface area contributed by atoms with E-state index in [4.69, 9.17) is 0 Å². The van der Waals surface area contributed by atoms with Gasteiger partial charge in [-0.1, -0.05) is 64.5 Å². The number of Topliss-reactive ketones (excluding diaryl/α,β-unsaturated/α-hetero) is 1. The lowest BCUT2D eigenvalue weighted by Crippen LogP contribution is -2.56. The van der Waals surface area contributed by atoms with Crippen molar-refractivity contribution in [2.45, 2.75) is 38.7 Å². The van der Waals surface area contributed by atoms with Gasteiger partial charge < -0.3 is 15.7 Å². The van der Waals surface area contributed by atoms with Crippen molar-refractivity contribution in [1.82, 2.24) is 0 Å². The SMILES string of the molecule is Cc1ccccc1NC(=O)C1C(=O)CC(C)(O)C(C(=O)Nc2ccccc2C)C1c1ccc(Br)cc1. The summed E-state index contributed by atoms with van der Waals surface area (Å²) >= 11 is 3.42. The number of amides is 2. The van der Waals surface area contributed by atoms with Gasteiger partial charge in [0.15, 0.2) is 0 Å². The first-order chi connectivity index (χ1) is 17.1. The summed E-state index contributed by atoms with van der Waals surface area (Å²) < 4.78 is 0.821. The Labute approximate surface area is 219 Å². The van der Waals surface area contributed by atoms with Crippen molar-refractivity contribution in [3.05, 3.63) is 94.0 Å². The van der Waals surface area contributed by atoms with Gasteiger partial charge in [0.1, 0.15) is 11.7 Å². The van der Waals surface area contributed by atoms with E-state index in [1.54, 1.807) is 42.5 Å². The van der Waals surface area contributed by atoms with Gasteiger partial charge in [-0.2, -0.15) is 0 Å². The van der Waals surface area contributed by atoms with Crippen LogP contribution in [0.2, 0.25) is 0 Å². The lowest BCUT2D eigenvalue weighted by Gasteiger charge is -2.44. The van der Waals surface area contributed by atoms with Gasteiger partial charge in [0, 0.05) is 28.2 Å². The van der Waals surface area contributed by atoms with E-state index >= 15 is 0 Å². The highest BCUT2D eigenvalue weighted by atomic mass is 79.9. The Hall–Kier alpha value is -3.29. The molecular weight excluding hydrogens is 520 g/mol. The molecule has 4 rings (SSSR count). The molecule has 186 valence electrons. The minimum absolute atomic E-state index is 0.308. The van der Waals surface area contributed by atoms with Crippen LogP contribution in [0.15, 0.2) is 77.3 Å². The average molecular weight is 549 g/mol. The lowest BCUT2D eigenvalue weighted by atomic mass is 9.61. The van der Waals surface area contributed by atoms with Crippen molar-refractivity contribution in [2.75, 3.05) is 10.6 Å². The normalized spacial score (nSPS) is 23.7. The number of hydrogen-bond donors (Lipinski definition) is 3. The standard InChI is InChI=1S/C29H29BrN2O4/c1-17-8-4-6-10-21(17)31-27(34)25-23(33)16-29(3,36)26(24(25)19-12-14-20(30)15-13-19)28(35)32-22-11-7-5-9-18(22)2/h4-15,24-26,36H,16H2,1-3H3,(H,31,34)(H,32,35). The molecule has 3 aromatic rings. The molecule has 1 saturated carbocycles. The fourth-order valence-electron chi connectivity index (χ4n) is 5.02. The number of halogens is 1. The smallest absolute Gasteiger partial charge is 0.235 e. The van der Waals surface area contributed by atoms with Crippen LogP contribution < -0.4 is 10.6 Å². The Morgan fingerprint density at radius 2 is 1.36 bits per heavy atom. The highest BCUT2D eigenvalue weighted by molar-refractivity contribution is 9.10. The number of anilines is 2. The van der Waals surface area contributed by atoms with Crippen LogP contribution in [0.3, 0.4) is 0 Å². The van der Waals surface area contributed by atoms with Crippen molar-refractivity contribution >= 4 is 44.9 Å². The zero-order valence-electron chi connectivity index (χ0n) is 20.4. The first kappa shape index (κ1) is 25.8. The van der Waals surface area contributed by atoms with Crippen LogP contribution in [0.1, 0.15) is 36.0 Å². The van der Waals surface area contributed by atoms with Crippen LogP contribution in [0.25, 0.3) is 0 Å². The summed E-state index contributed by atoms with van der Waals surface area (Å²) in [7, 11) is 0. The predicted octanol–water partition coefficient (Wildman–Crippen LogP) is 5.38. The summed E-state index contributed by atoms with van der Waals surface area (Å²) in [6.45, 7) is 5.24. The van der Waals surface area contributed by atoms with E-state index in [0.29, 0.717) is 16.9 Å². The van der Waals surface area contributed by atoms with Gasteiger partial charge >= 0.3 is 0 Å². The fourth-order valence-corrected chi connectivity index (χ4v) is 5.29. The maximum absolute atomic E-state index is 13.7. The van der Waals surface area contributed by atoms with Crippen molar-refractivity contribution in [3.63, 3.8) is 0 Å². The van der Waals surface area contributed by atoms with Gasteiger partial charge in [-0.3, -0.25) is 14.4 Å². The molecule has 1 fully saturated rings.